The quantitative estimate of drug-likeness (QED) is 0.165. The number of halogens is 3. The number of rotatable bonds is 8. The predicted molar refractivity (Wildman–Crippen MR) is 173 cm³/mol. The lowest BCUT2D eigenvalue weighted by Gasteiger charge is -2.12. The maximum Gasteiger partial charge on any atom is 0.282 e. The lowest BCUT2D eigenvalue weighted by Crippen LogP contribution is -2.21. The molecule has 0 spiro atoms. The second-order valence-corrected chi connectivity index (χ2v) is 11.1. The number of anilines is 1. The van der Waals surface area contributed by atoms with Crippen molar-refractivity contribution in [3.8, 4) is 23.1 Å². The van der Waals surface area contributed by atoms with Crippen LogP contribution in [-0.2, 0) is 4.79 Å². The number of para-hydroxylation sites is 2. The Morgan fingerprint density at radius 2 is 1.77 bits per heavy atom. The lowest BCUT2D eigenvalue weighted by molar-refractivity contribution is -0.118. The molecule has 1 amide bonds. The summed E-state index contributed by atoms with van der Waals surface area (Å²) in [5.74, 6) is 0.449. The Morgan fingerprint density at radius 1 is 1.02 bits per heavy atom. The zero-order valence-corrected chi connectivity index (χ0v) is 26.1. The zero-order chi connectivity index (χ0) is 30.8. The molecule has 0 saturated carbocycles. The van der Waals surface area contributed by atoms with Crippen LogP contribution in [0.2, 0.25) is 0 Å². The number of methoxy groups -OCH3 is 1. The van der Waals surface area contributed by atoms with E-state index in [1.165, 1.54) is 29.1 Å². The van der Waals surface area contributed by atoms with Crippen LogP contribution in [0.25, 0.3) is 33.5 Å². The van der Waals surface area contributed by atoms with Gasteiger partial charge < -0.3 is 19.2 Å². The number of nitrogens with zero attached hydrogens (tertiary/aromatic N) is 3. The Balaban J connectivity index is 1.31. The van der Waals surface area contributed by atoms with Gasteiger partial charge in [0.15, 0.2) is 12.4 Å². The highest BCUT2D eigenvalue weighted by molar-refractivity contribution is 9.11. The Bertz CT molecular complexity index is 2120. The first-order valence-corrected chi connectivity index (χ1v) is 14.7. The number of fused-ring (bicyclic) bond motifs is 2. The number of benzene rings is 4. The number of furan rings is 1. The molecule has 6 rings (SSSR count). The first kappa shape index (κ1) is 29.3. The van der Waals surface area contributed by atoms with Crippen LogP contribution in [0.1, 0.15) is 5.56 Å². The van der Waals surface area contributed by atoms with Crippen LogP contribution >= 0.6 is 31.9 Å². The van der Waals surface area contributed by atoms with Gasteiger partial charge in [0.1, 0.15) is 22.9 Å². The molecular formula is C32H21Br2FN4O5. The topological polar surface area (TPSA) is 108 Å². The van der Waals surface area contributed by atoms with Crippen molar-refractivity contribution in [3.05, 3.63) is 116 Å². The lowest BCUT2D eigenvalue weighted by atomic mass is 10.2. The van der Waals surface area contributed by atoms with Gasteiger partial charge in [-0.1, -0.05) is 30.3 Å². The zero-order valence-electron chi connectivity index (χ0n) is 22.9. The molecule has 6 aromatic rings. The van der Waals surface area contributed by atoms with E-state index < -0.39 is 11.7 Å². The molecule has 2 heterocycles. The number of amides is 1. The van der Waals surface area contributed by atoms with E-state index in [9.17, 15) is 14.0 Å². The Hall–Kier alpha value is -4.81. The summed E-state index contributed by atoms with van der Waals surface area (Å²) in [4.78, 5) is 30.7. The molecule has 0 radical (unpaired) electrons. The fraction of sp³-hybridized carbons (Fsp3) is 0.0625. The molecule has 0 bridgehead atoms. The highest BCUT2D eigenvalue weighted by Gasteiger charge is 2.18. The number of aromatic nitrogens is 2. The summed E-state index contributed by atoms with van der Waals surface area (Å²) in [6.45, 7) is -0.358. The van der Waals surface area contributed by atoms with Crippen LogP contribution in [0.15, 0.2) is 108 Å². The van der Waals surface area contributed by atoms with Crippen LogP contribution in [0.4, 0.5) is 10.1 Å². The number of hydrogen-bond acceptors (Lipinski definition) is 7. The van der Waals surface area contributed by atoms with Crippen LogP contribution in [-0.4, -0.2) is 35.5 Å². The van der Waals surface area contributed by atoms with E-state index in [1.807, 2.05) is 12.1 Å². The molecule has 0 aliphatic rings. The number of ether oxygens (including phenoxy) is 2. The fourth-order valence-corrected chi connectivity index (χ4v) is 5.97. The van der Waals surface area contributed by atoms with E-state index in [0.29, 0.717) is 48.3 Å². The maximum atomic E-state index is 13.9. The van der Waals surface area contributed by atoms with Gasteiger partial charge in [0.25, 0.3) is 11.5 Å². The van der Waals surface area contributed by atoms with Gasteiger partial charge in [-0.05, 0) is 92.0 Å². The minimum Gasteiger partial charge on any atom is -0.496 e. The number of carbonyl (C=O) groups is 1. The Morgan fingerprint density at radius 3 is 2.55 bits per heavy atom. The molecule has 0 aliphatic heterocycles. The number of carbonyl (C=O) groups excluding carboxylic acids is 1. The maximum absolute atomic E-state index is 13.9. The first-order valence-electron chi connectivity index (χ1n) is 13.1. The van der Waals surface area contributed by atoms with Gasteiger partial charge >= 0.3 is 0 Å². The molecular weight excluding hydrogens is 699 g/mol. The van der Waals surface area contributed by atoms with E-state index in [1.54, 1.807) is 61.7 Å². The molecule has 0 aliphatic carbocycles. The van der Waals surface area contributed by atoms with Gasteiger partial charge in [-0.15, -0.1) is 0 Å². The molecule has 220 valence electrons. The molecule has 0 fully saturated rings. The third kappa shape index (κ3) is 5.86. The standard InChI is InChI=1S/C32H21Br2FN4O5/c1-42-26-11-6-12-27-20(26)15-28(44-27)31-38-24-9-4-2-7-19(24)32(41)39(31)36-16-18-13-21(33)30(22(34)14-18)43-17-29(40)37-25-10-5-3-8-23(25)35/h2-16H,17H2,1H3,(H,37,40). The normalized spacial score (nSPS) is 11.4. The van der Waals surface area contributed by atoms with Crippen LogP contribution < -0.4 is 20.3 Å². The minimum absolute atomic E-state index is 0.0605. The van der Waals surface area contributed by atoms with Gasteiger partial charge in [0, 0.05) is 0 Å². The van der Waals surface area contributed by atoms with E-state index in [0.717, 1.165) is 5.39 Å². The first-order chi connectivity index (χ1) is 21.3. The molecule has 12 heteroatoms. The smallest absolute Gasteiger partial charge is 0.282 e. The molecule has 0 atom stereocenters. The largest absolute Gasteiger partial charge is 0.496 e. The van der Waals surface area contributed by atoms with Crippen LogP contribution in [0, 0.1) is 5.82 Å². The molecule has 2 aromatic heterocycles. The monoisotopic (exact) mass is 718 g/mol. The Kier molecular flexibility index (Phi) is 8.27. The SMILES string of the molecule is COc1cccc2oc(-c3nc4ccccc4c(=O)n3N=Cc3cc(Br)c(OCC(=O)Nc4ccccc4F)c(Br)c3)cc12. The number of nitrogens with one attached hydrogen (secondary N) is 1. The molecule has 9 nitrogen and oxygen atoms in total. The molecule has 1 N–H and O–H groups in total. The minimum atomic E-state index is -0.546. The van der Waals surface area contributed by atoms with Crippen molar-refractivity contribution in [1.82, 2.24) is 9.66 Å². The third-order valence-electron chi connectivity index (χ3n) is 6.55. The van der Waals surface area contributed by atoms with Crippen molar-refractivity contribution in [1.29, 1.82) is 0 Å². The van der Waals surface area contributed by atoms with Crippen molar-refractivity contribution >= 4 is 71.5 Å². The third-order valence-corrected chi connectivity index (χ3v) is 7.73. The van der Waals surface area contributed by atoms with E-state index in [-0.39, 0.29) is 23.7 Å². The molecule has 0 saturated heterocycles. The highest BCUT2D eigenvalue weighted by atomic mass is 79.9. The van der Waals surface area contributed by atoms with Crippen molar-refractivity contribution in [2.75, 3.05) is 19.0 Å². The predicted octanol–water partition coefficient (Wildman–Crippen LogP) is 7.38. The number of hydrogen-bond donors (Lipinski definition) is 1. The van der Waals surface area contributed by atoms with Crippen molar-refractivity contribution in [2.45, 2.75) is 0 Å². The summed E-state index contributed by atoms with van der Waals surface area (Å²) in [6.07, 6.45) is 1.49. The van der Waals surface area contributed by atoms with Gasteiger partial charge in [-0.2, -0.15) is 9.78 Å². The van der Waals surface area contributed by atoms with Crippen molar-refractivity contribution in [3.63, 3.8) is 0 Å². The van der Waals surface area contributed by atoms with E-state index in [2.05, 4.69) is 42.3 Å². The molecule has 0 unspecified atom stereocenters. The summed E-state index contributed by atoms with van der Waals surface area (Å²) >= 11 is 6.94. The summed E-state index contributed by atoms with van der Waals surface area (Å²) in [7, 11) is 1.57. The molecule has 44 heavy (non-hydrogen) atoms. The van der Waals surface area contributed by atoms with E-state index in [4.69, 9.17) is 18.9 Å². The second kappa shape index (κ2) is 12.4. The fourth-order valence-electron chi connectivity index (χ4n) is 4.52. The van der Waals surface area contributed by atoms with Gasteiger partial charge in [-0.3, -0.25) is 9.59 Å². The summed E-state index contributed by atoms with van der Waals surface area (Å²) in [6, 6.07) is 23.5. The summed E-state index contributed by atoms with van der Waals surface area (Å²) in [5, 5.41) is 8.10. The van der Waals surface area contributed by atoms with E-state index >= 15 is 0 Å². The Labute approximate surface area is 266 Å². The average Bonchev–Trinajstić information content (AvgIpc) is 3.46. The summed E-state index contributed by atoms with van der Waals surface area (Å²) in [5.41, 5.74) is 1.35. The van der Waals surface area contributed by atoms with Gasteiger partial charge in [0.05, 0.1) is 44.2 Å². The molecule has 4 aromatic carbocycles. The summed E-state index contributed by atoms with van der Waals surface area (Å²) < 4.78 is 33.3. The van der Waals surface area contributed by atoms with Gasteiger partial charge in [-0.25, -0.2) is 9.37 Å². The van der Waals surface area contributed by atoms with Crippen molar-refractivity contribution < 1.29 is 23.1 Å². The van der Waals surface area contributed by atoms with Crippen LogP contribution in [0.5, 0.6) is 11.5 Å². The average molecular weight is 720 g/mol. The highest BCUT2D eigenvalue weighted by Crippen LogP contribution is 2.35. The van der Waals surface area contributed by atoms with Gasteiger partial charge in [0.2, 0.25) is 5.82 Å². The van der Waals surface area contributed by atoms with Crippen molar-refractivity contribution in [2.24, 2.45) is 5.10 Å². The van der Waals surface area contributed by atoms with Crippen LogP contribution in [0.3, 0.4) is 0 Å². The second-order valence-electron chi connectivity index (χ2n) is 9.43.